The Morgan fingerprint density at radius 1 is 1.35 bits per heavy atom. The van der Waals surface area contributed by atoms with E-state index in [0.29, 0.717) is 26.1 Å². The van der Waals surface area contributed by atoms with E-state index in [1.165, 1.54) is 0 Å². The SMILES string of the molecule is CCOC(=O)N1CCC(OC)(OC)C(OC)C1. The van der Waals surface area contributed by atoms with Crippen molar-refractivity contribution in [3.8, 4) is 0 Å². The van der Waals surface area contributed by atoms with Gasteiger partial charge in [0.2, 0.25) is 0 Å². The van der Waals surface area contributed by atoms with Crippen molar-refractivity contribution >= 4 is 6.09 Å². The van der Waals surface area contributed by atoms with Crippen molar-refractivity contribution in [2.45, 2.75) is 25.2 Å². The number of rotatable bonds is 4. The first-order chi connectivity index (χ1) is 8.13. The van der Waals surface area contributed by atoms with E-state index >= 15 is 0 Å². The first-order valence-electron chi connectivity index (χ1n) is 5.68. The molecule has 100 valence electrons. The Morgan fingerprint density at radius 3 is 2.47 bits per heavy atom. The number of methoxy groups -OCH3 is 3. The number of nitrogens with zero attached hydrogens (tertiary/aromatic N) is 1. The van der Waals surface area contributed by atoms with Crippen molar-refractivity contribution < 1.29 is 23.7 Å². The molecule has 0 aromatic carbocycles. The van der Waals surface area contributed by atoms with Crippen molar-refractivity contribution in [1.82, 2.24) is 4.90 Å². The predicted octanol–water partition coefficient (Wildman–Crippen LogP) is 0.853. The van der Waals surface area contributed by atoms with Crippen LogP contribution >= 0.6 is 0 Å². The number of piperidine rings is 1. The average molecular weight is 247 g/mol. The molecule has 0 aromatic heterocycles. The van der Waals surface area contributed by atoms with Gasteiger partial charge in [-0.3, -0.25) is 0 Å². The van der Waals surface area contributed by atoms with Gasteiger partial charge in [0.15, 0.2) is 5.79 Å². The molecule has 0 aliphatic carbocycles. The lowest BCUT2D eigenvalue weighted by Crippen LogP contribution is -2.59. The third-order valence-electron chi connectivity index (χ3n) is 3.11. The van der Waals surface area contributed by atoms with E-state index in [4.69, 9.17) is 18.9 Å². The molecule has 1 atom stereocenters. The van der Waals surface area contributed by atoms with E-state index in [1.807, 2.05) is 0 Å². The highest BCUT2D eigenvalue weighted by Crippen LogP contribution is 2.29. The quantitative estimate of drug-likeness (QED) is 0.689. The molecule has 0 radical (unpaired) electrons. The summed E-state index contributed by atoms with van der Waals surface area (Å²) in [5, 5.41) is 0. The zero-order valence-electron chi connectivity index (χ0n) is 10.9. The van der Waals surface area contributed by atoms with E-state index in [9.17, 15) is 4.79 Å². The lowest BCUT2D eigenvalue weighted by molar-refractivity contribution is -0.281. The normalized spacial score (nSPS) is 23.5. The van der Waals surface area contributed by atoms with E-state index in [0.717, 1.165) is 0 Å². The van der Waals surface area contributed by atoms with Crippen molar-refractivity contribution in [1.29, 1.82) is 0 Å². The van der Waals surface area contributed by atoms with Gasteiger partial charge in [-0.15, -0.1) is 0 Å². The van der Waals surface area contributed by atoms with Gasteiger partial charge in [-0.2, -0.15) is 0 Å². The standard InChI is InChI=1S/C11H21NO5/c1-5-17-10(13)12-7-6-11(15-3,16-4)9(8-12)14-2/h9H,5-8H2,1-4H3. The summed E-state index contributed by atoms with van der Waals surface area (Å²) in [5.74, 6) is -0.780. The van der Waals surface area contributed by atoms with E-state index in [-0.39, 0.29) is 12.2 Å². The summed E-state index contributed by atoms with van der Waals surface area (Å²) < 4.78 is 21.1. The van der Waals surface area contributed by atoms with Crippen molar-refractivity contribution in [3.05, 3.63) is 0 Å². The lowest BCUT2D eigenvalue weighted by Gasteiger charge is -2.44. The average Bonchev–Trinajstić information content (AvgIpc) is 2.38. The summed E-state index contributed by atoms with van der Waals surface area (Å²) >= 11 is 0. The minimum absolute atomic E-state index is 0.323. The number of carbonyl (C=O) groups is 1. The Hall–Kier alpha value is -0.850. The molecular weight excluding hydrogens is 226 g/mol. The van der Waals surface area contributed by atoms with Crippen LogP contribution < -0.4 is 0 Å². The van der Waals surface area contributed by atoms with Crippen LogP contribution in [-0.2, 0) is 18.9 Å². The van der Waals surface area contributed by atoms with Crippen molar-refractivity contribution in [2.24, 2.45) is 0 Å². The Labute approximate surface area is 102 Å². The number of amides is 1. The highest BCUT2D eigenvalue weighted by molar-refractivity contribution is 5.67. The molecule has 0 saturated carbocycles. The van der Waals surface area contributed by atoms with Gasteiger partial charge in [0.05, 0.1) is 13.2 Å². The molecule has 1 heterocycles. The largest absolute Gasteiger partial charge is 0.450 e. The van der Waals surface area contributed by atoms with Gasteiger partial charge in [-0.25, -0.2) is 4.79 Å². The highest BCUT2D eigenvalue weighted by Gasteiger charge is 2.45. The van der Waals surface area contributed by atoms with Crippen LogP contribution in [-0.4, -0.2) is 63.9 Å². The minimum atomic E-state index is -0.780. The summed E-state index contributed by atoms with van der Waals surface area (Å²) in [6.45, 7) is 3.08. The maximum absolute atomic E-state index is 11.6. The molecule has 1 amide bonds. The summed E-state index contributed by atoms with van der Waals surface area (Å²) in [7, 11) is 4.73. The summed E-state index contributed by atoms with van der Waals surface area (Å²) in [6.07, 6.45) is -0.0943. The van der Waals surface area contributed by atoms with Gasteiger partial charge >= 0.3 is 6.09 Å². The maximum Gasteiger partial charge on any atom is 0.409 e. The van der Waals surface area contributed by atoms with Crippen molar-refractivity contribution in [2.75, 3.05) is 41.0 Å². The minimum Gasteiger partial charge on any atom is -0.450 e. The van der Waals surface area contributed by atoms with Crippen LogP contribution in [0.2, 0.25) is 0 Å². The van der Waals surface area contributed by atoms with E-state index in [1.54, 1.807) is 33.2 Å². The van der Waals surface area contributed by atoms with Gasteiger partial charge < -0.3 is 23.8 Å². The zero-order valence-corrected chi connectivity index (χ0v) is 10.9. The van der Waals surface area contributed by atoms with Gasteiger partial charge in [0.25, 0.3) is 0 Å². The molecule has 1 unspecified atom stereocenters. The molecule has 6 nitrogen and oxygen atoms in total. The Bertz CT molecular complexity index is 254. The van der Waals surface area contributed by atoms with Crippen LogP contribution in [0.4, 0.5) is 4.79 Å². The summed E-state index contributed by atoms with van der Waals surface area (Å²) in [4.78, 5) is 13.2. The topological polar surface area (TPSA) is 57.2 Å². The molecule has 6 heteroatoms. The smallest absolute Gasteiger partial charge is 0.409 e. The number of ether oxygens (including phenoxy) is 4. The van der Waals surface area contributed by atoms with Crippen LogP contribution in [0.1, 0.15) is 13.3 Å². The maximum atomic E-state index is 11.6. The lowest BCUT2D eigenvalue weighted by atomic mass is 10.0. The third kappa shape index (κ3) is 2.88. The van der Waals surface area contributed by atoms with Crippen LogP contribution in [0.15, 0.2) is 0 Å². The molecule has 1 saturated heterocycles. The van der Waals surface area contributed by atoms with Gasteiger partial charge in [0.1, 0.15) is 6.10 Å². The molecule has 1 fully saturated rings. The van der Waals surface area contributed by atoms with Crippen LogP contribution in [0, 0.1) is 0 Å². The van der Waals surface area contributed by atoms with E-state index in [2.05, 4.69) is 0 Å². The van der Waals surface area contributed by atoms with Gasteiger partial charge in [0, 0.05) is 34.3 Å². The van der Waals surface area contributed by atoms with Gasteiger partial charge in [-0.1, -0.05) is 0 Å². The second kappa shape index (κ2) is 6.18. The summed E-state index contributed by atoms with van der Waals surface area (Å²) in [6, 6.07) is 0. The molecule has 1 aliphatic heterocycles. The molecule has 0 N–H and O–H groups in total. The number of carbonyl (C=O) groups excluding carboxylic acids is 1. The molecule has 0 spiro atoms. The molecule has 0 aromatic rings. The molecule has 17 heavy (non-hydrogen) atoms. The van der Waals surface area contributed by atoms with Crippen LogP contribution in [0.25, 0.3) is 0 Å². The first kappa shape index (κ1) is 14.2. The molecule has 0 bridgehead atoms. The van der Waals surface area contributed by atoms with Gasteiger partial charge in [-0.05, 0) is 6.92 Å². The second-order valence-electron chi connectivity index (χ2n) is 3.84. The number of hydrogen-bond donors (Lipinski definition) is 0. The zero-order chi connectivity index (χ0) is 12.9. The second-order valence-corrected chi connectivity index (χ2v) is 3.84. The fourth-order valence-electron chi connectivity index (χ4n) is 2.07. The fraction of sp³-hybridized carbons (Fsp3) is 0.909. The molecule has 1 rings (SSSR count). The number of hydrogen-bond acceptors (Lipinski definition) is 5. The highest BCUT2D eigenvalue weighted by atomic mass is 16.7. The third-order valence-corrected chi connectivity index (χ3v) is 3.11. The Kier molecular flexibility index (Phi) is 5.17. The van der Waals surface area contributed by atoms with Crippen LogP contribution in [0.3, 0.4) is 0 Å². The van der Waals surface area contributed by atoms with Crippen LogP contribution in [0.5, 0.6) is 0 Å². The first-order valence-corrected chi connectivity index (χ1v) is 5.68. The van der Waals surface area contributed by atoms with Crippen molar-refractivity contribution in [3.63, 3.8) is 0 Å². The summed E-state index contributed by atoms with van der Waals surface area (Å²) in [5.41, 5.74) is 0. The molecule has 1 aliphatic rings. The number of likely N-dealkylation sites (tertiary alicyclic amines) is 1. The fourth-order valence-corrected chi connectivity index (χ4v) is 2.07. The predicted molar refractivity (Wildman–Crippen MR) is 60.8 cm³/mol. The Morgan fingerprint density at radius 2 is 2.00 bits per heavy atom. The van der Waals surface area contributed by atoms with E-state index < -0.39 is 5.79 Å². The monoisotopic (exact) mass is 247 g/mol. The molecular formula is C11H21NO5. The Balaban J connectivity index is 2.69.